The summed E-state index contributed by atoms with van der Waals surface area (Å²) in [5.41, 5.74) is 1.16. The fourth-order valence-electron chi connectivity index (χ4n) is 1.50. The Hall–Kier alpha value is -0.580. The van der Waals surface area contributed by atoms with Gasteiger partial charge in [0.25, 0.3) is 5.91 Å². The van der Waals surface area contributed by atoms with E-state index in [4.69, 9.17) is 0 Å². The number of likely N-dealkylation sites (N-methyl/N-ethyl adjacent to an activating group) is 2. The smallest absolute Gasteiger partial charge is 0.263 e. The highest BCUT2D eigenvalue weighted by atomic mass is 35.5. The lowest BCUT2D eigenvalue weighted by Crippen LogP contribution is -2.32. The fraction of sp³-hybridized carbons (Fsp3) is 0.583. The lowest BCUT2D eigenvalue weighted by Gasteiger charge is -2.17. The molecule has 1 N–H and O–H groups in total. The molecular weight excluding hydrogens is 256 g/mol. The molecule has 0 saturated carbocycles. The zero-order valence-corrected chi connectivity index (χ0v) is 12.5. The van der Waals surface area contributed by atoms with Crippen LogP contribution in [0.2, 0.25) is 0 Å². The first kappa shape index (κ1) is 16.4. The predicted molar refractivity (Wildman–Crippen MR) is 76.5 cm³/mol. The molecule has 0 saturated heterocycles. The van der Waals surface area contributed by atoms with Crippen molar-refractivity contribution in [1.29, 1.82) is 0 Å². The van der Waals surface area contributed by atoms with Crippen molar-refractivity contribution >= 4 is 29.7 Å². The number of carbonyl (C=O) groups excluding carboxylic acids is 1. The summed E-state index contributed by atoms with van der Waals surface area (Å²) in [6.45, 7) is 5.80. The van der Waals surface area contributed by atoms with Gasteiger partial charge in [0.1, 0.15) is 0 Å². The quantitative estimate of drug-likeness (QED) is 0.897. The molecule has 0 atom stereocenters. The third-order valence-electron chi connectivity index (χ3n) is 2.56. The minimum atomic E-state index is 0. The van der Waals surface area contributed by atoms with Crippen molar-refractivity contribution in [2.24, 2.45) is 0 Å². The van der Waals surface area contributed by atoms with Crippen molar-refractivity contribution in [3.8, 4) is 0 Å². The molecule has 1 aromatic rings. The maximum Gasteiger partial charge on any atom is 0.263 e. The molecule has 98 valence electrons. The Balaban J connectivity index is 0.00000256. The van der Waals surface area contributed by atoms with E-state index < -0.39 is 0 Å². The molecule has 0 spiro atoms. The number of rotatable bonds is 5. The van der Waals surface area contributed by atoms with Crippen LogP contribution in [-0.4, -0.2) is 38.0 Å². The summed E-state index contributed by atoms with van der Waals surface area (Å²) in [4.78, 5) is 14.8. The zero-order valence-electron chi connectivity index (χ0n) is 10.8. The molecule has 0 aromatic carbocycles. The van der Waals surface area contributed by atoms with Gasteiger partial charge < -0.3 is 10.2 Å². The van der Waals surface area contributed by atoms with E-state index in [1.165, 1.54) is 11.3 Å². The van der Waals surface area contributed by atoms with E-state index in [2.05, 4.69) is 25.2 Å². The van der Waals surface area contributed by atoms with Crippen LogP contribution in [0.3, 0.4) is 0 Å². The van der Waals surface area contributed by atoms with Crippen LogP contribution in [0.4, 0.5) is 0 Å². The third-order valence-corrected chi connectivity index (χ3v) is 3.47. The summed E-state index contributed by atoms with van der Waals surface area (Å²) in [6, 6.07) is 2.05. The molecule has 3 nitrogen and oxygen atoms in total. The topological polar surface area (TPSA) is 32.3 Å². The van der Waals surface area contributed by atoms with Crippen LogP contribution in [0.1, 0.15) is 35.0 Å². The summed E-state index contributed by atoms with van der Waals surface area (Å²) < 4.78 is 0. The van der Waals surface area contributed by atoms with Crippen LogP contribution < -0.4 is 5.32 Å². The van der Waals surface area contributed by atoms with Gasteiger partial charge >= 0.3 is 0 Å². The van der Waals surface area contributed by atoms with Crippen molar-refractivity contribution in [2.45, 2.75) is 19.8 Å². The van der Waals surface area contributed by atoms with Gasteiger partial charge in [0.2, 0.25) is 0 Å². The van der Waals surface area contributed by atoms with Crippen LogP contribution in [0, 0.1) is 0 Å². The van der Waals surface area contributed by atoms with Gasteiger partial charge in [-0.3, -0.25) is 4.79 Å². The van der Waals surface area contributed by atoms with E-state index in [0.29, 0.717) is 5.92 Å². The summed E-state index contributed by atoms with van der Waals surface area (Å²) in [5.74, 6) is 0.539. The molecule has 0 radical (unpaired) electrons. The molecule has 1 amide bonds. The van der Waals surface area contributed by atoms with Crippen LogP contribution in [0.5, 0.6) is 0 Å². The molecule has 1 aromatic heterocycles. The second-order valence-corrected chi connectivity index (χ2v) is 5.11. The summed E-state index contributed by atoms with van der Waals surface area (Å²) in [5, 5.41) is 5.04. The Morgan fingerprint density at radius 2 is 2.18 bits per heavy atom. The molecule has 0 aliphatic heterocycles. The Kier molecular flexibility index (Phi) is 7.43. The number of nitrogens with zero attached hydrogens (tertiary/aromatic N) is 1. The minimum Gasteiger partial charge on any atom is -0.340 e. The molecule has 0 aliphatic carbocycles. The molecule has 17 heavy (non-hydrogen) atoms. The van der Waals surface area contributed by atoms with Gasteiger partial charge in [0.05, 0.1) is 4.88 Å². The van der Waals surface area contributed by atoms with Gasteiger partial charge in [-0.1, -0.05) is 13.8 Å². The van der Waals surface area contributed by atoms with E-state index in [1.54, 1.807) is 4.90 Å². The number of amides is 1. The Labute approximate surface area is 114 Å². The first-order chi connectivity index (χ1) is 7.57. The van der Waals surface area contributed by atoms with E-state index in [9.17, 15) is 4.79 Å². The molecule has 0 bridgehead atoms. The highest BCUT2D eigenvalue weighted by molar-refractivity contribution is 7.12. The average Bonchev–Trinajstić information content (AvgIpc) is 2.73. The van der Waals surface area contributed by atoms with E-state index in [1.807, 2.05) is 19.5 Å². The van der Waals surface area contributed by atoms with Crippen molar-refractivity contribution in [3.05, 3.63) is 21.9 Å². The third kappa shape index (κ3) is 4.30. The monoisotopic (exact) mass is 276 g/mol. The van der Waals surface area contributed by atoms with Gasteiger partial charge in [-0.2, -0.15) is 0 Å². The lowest BCUT2D eigenvalue weighted by atomic mass is 10.0. The highest BCUT2D eigenvalue weighted by Gasteiger charge is 2.18. The van der Waals surface area contributed by atoms with Gasteiger partial charge in [-0.15, -0.1) is 23.7 Å². The van der Waals surface area contributed by atoms with Gasteiger partial charge in [-0.05, 0) is 30.0 Å². The Morgan fingerprint density at radius 1 is 1.53 bits per heavy atom. The van der Waals surface area contributed by atoms with Crippen molar-refractivity contribution in [1.82, 2.24) is 10.2 Å². The van der Waals surface area contributed by atoms with Crippen LogP contribution in [0.15, 0.2) is 11.4 Å². The average molecular weight is 277 g/mol. The summed E-state index contributed by atoms with van der Waals surface area (Å²) >= 11 is 1.54. The maximum absolute atomic E-state index is 12.1. The molecule has 0 unspecified atom stereocenters. The van der Waals surface area contributed by atoms with Crippen LogP contribution in [-0.2, 0) is 0 Å². The first-order valence-electron chi connectivity index (χ1n) is 5.55. The minimum absolute atomic E-state index is 0. The maximum atomic E-state index is 12.1. The molecule has 1 rings (SSSR count). The lowest BCUT2D eigenvalue weighted by molar-refractivity contribution is 0.0800. The van der Waals surface area contributed by atoms with Gasteiger partial charge in [-0.25, -0.2) is 0 Å². The van der Waals surface area contributed by atoms with Gasteiger partial charge in [0.15, 0.2) is 0 Å². The Bertz CT molecular complexity index is 352. The molecule has 0 fully saturated rings. The van der Waals surface area contributed by atoms with Gasteiger partial charge in [0, 0.05) is 20.1 Å². The SMILES string of the molecule is CNCCN(C)C(=O)c1sccc1C(C)C.Cl. The van der Waals surface area contributed by atoms with Crippen LogP contribution in [0.25, 0.3) is 0 Å². The molecular formula is C12H21ClN2OS. The predicted octanol–water partition coefficient (Wildman–Crippen LogP) is 2.58. The van der Waals surface area contributed by atoms with Crippen molar-refractivity contribution in [2.75, 3.05) is 27.2 Å². The highest BCUT2D eigenvalue weighted by Crippen LogP contribution is 2.25. The van der Waals surface area contributed by atoms with Crippen LogP contribution >= 0.6 is 23.7 Å². The number of thiophene rings is 1. The normalized spacial score (nSPS) is 10.2. The fourth-order valence-corrected chi connectivity index (χ4v) is 2.55. The van der Waals surface area contributed by atoms with E-state index in [-0.39, 0.29) is 18.3 Å². The van der Waals surface area contributed by atoms with Crippen molar-refractivity contribution < 1.29 is 4.79 Å². The zero-order chi connectivity index (χ0) is 12.1. The number of hydrogen-bond donors (Lipinski definition) is 1. The number of halogens is 1. The largest absolute Gasteiger partial charge is 0.340 e. The second kappa shape index (κ2) is 7.69. The number of hydrogen-bond acceptors (Lipinski definition) is 3. The van der Waals surface area contributed by atoms with E-state index >= 15 is 0 Å². The molecule has 0 aliphatic rings. The van der Waals surface area contributed by atoms with Crippen molar-refractivity contribution in [3.63, 3.8) is 0 Å². The Morgan fingerprint density at radius 3 is 2.71 bits per heavy atom. The number of nitrogens with one attached hydrogen (secondary N) is 1. The first-order valence-corrected chi connectivity index (χ1v) is 6.43. The van der Waals surface area contributed by atoms with E-state index in [0.717, 1.165) is 23.5 Å². The molecule has 5 heteroatoms. The summed E-state index contributed by atoms with van der Waals surface area (Å²) in [7, 11) is 3.74. The number of carbonyl (C=O) groups is 1. The standard InChI is InChI=1S/C12H20N2OS.ClH/c1-9(2)10-5-8-16-11(10)12(15)14(4)7-6-13-3;/h5,8-9,13H,6-7H2,1-4H3;1H. The second-order valence-electron chi connectivity index (χ2n) is 4.19. The molecule has 1 heterocycles. The summed E-state index contributed by atoms with van der Waals surface area (Å²) in [6.07, 6.45) is 0.